The van der Waals surface area contributed by atoms with Crippen molar-refractivity contribution in [3.8, 4) is 0 Å². The van der Waals surface area contributed by atoms with E-state index in [1.807, 2.05) is 0 Å². The van der Waals surface area contributed by atoms with Crippen molar-refractivity contribution in [2.75, 3.05) is 0 Å². The molecule has 0 rings (SSSR count). The van der Waals surface area contributed by atoms with Crippen LogP contribution in [-0.4, -0.2) is 31.5 Å². The minimum absolute atomic E-state index is 0.545. The Morgan fingerprint density at radius 1 is 0.857 bits per heavy atom. The lowest BCUT2D eigenvalue weighted by Crippen LogP contribution is -1.99. The molecule has 0 aromatic rings. The van der Waals surface area contributed by atoms with Gasteiger partial charge in [-0.2, -0.15) is 0 Å². The van der Waals surface area contributed by atoms with Crippen LogP contribution >= 0.6 is 17.2 Å². The third-order valence-electron chi connectivity index (χ3n) is 0.699. The second-order valence-electron chi connectivity index (χ2n) is 1.66. The van der Waals surface area contributed by atoms with Gasteiger partial charge in [0.1, 0.15) is 0 Å². The maximum absolute atomic E-state index is 10.5. The van der Waals surface area contributed by atoms with E-state index in [9.17, 15) is 9.59 Å². The Balaban J connectivity index is 3.92. The summed E-state index contributed by atoms with van der Waals surface area (Å²) in [6.07, 6.45) is 1.09. The van der Waals surface area contributed by atoms with E-state index in [4.69, 9.17) is 19.6 Å². The van der Waals surface area contributed by atoms with Crippen LogP contribution in [0.25, 0.3) is 0 Å². The number of rotatable bonds is 4. The summed E-state index contributed by atoms with van der Waals surface area (Å²) in [7, 11) is -5.67. The van der Waals surface area contributed by atoms with Crippen LogP contribution in [0, 0.1) is 0 Å². The van der Waals surface area contributed by atoms with E-state index < -0.39 is 29.1 Å². The summed E-state index contributed by atoms with van der Waals surface area (Å²) in [4.78, 5) is 53.7. The molecule has 0 bridgehead atoms. The average Bonchev–Trinajstić information content (AvgIpc) is 1.98. The van der Waals surface area contributed by atoms with E-state index in [-0.39, 0.29) is 0 Å². The molecule has 0 unspecified atom stereocenters. The van der Waals surface area contributed by atoms with Gasteiger partial charge in [0.15, 0.2) is 0 Å². The van der Waals surface area contributed by atoms with E-state index in [0.717, 1.165) is 0 Å². The van der Waals surface area contributed by atoms with Gasteiger partial charge in [-0.05, 0) is 0 Å². The summed E-state index contributed by atoms with van der Waals surface area (Å²) in [6, 6.07) is 0. The van der Waals surface area contributed by atoms with Crippen LogP contribution in [0.4, 0.5) is 0 Å². The zero-order valence-electron chi connectivity index (χ0n) is 6.47. The summed E-state index contributed by atoms with van der Waals surface area (Å²) in [5, 5.41) is 0. The third kappa shape index (κ3) is 8.00. The maximum atomic E-state index is 10.5. The highest BCUT2D eigenvalue weighted by atomic mass is 31.2. The average molecular weight is 244 g/mol. The highest BCUT2D eigenvalue weighted by Gasteiger charge is 2.09. The Morgan fingerprint density at radius 3 is 1.36 bits per heavy atom. The molecule has 8 nitrogen and oxygen atoms in total. The number of carbonyl (C=O) groups excluding carboxylic acids is 2. The summed E-state index contributed by atoms with van der Waals surface area (Å²) >= 11 is 0. The standard InChI is InChI=1S/C4H6O8P2/c5-3(11-13(7)8)1-2-4(6)12-14(9)10/h1-2,7-10H/b2-1-. The van der Waals surface area contributed by atoms with Crippen LogP contribution in [0.5, 0.6) is 0 Å². The first-order valence-corrected chi connectivity index (χ1v) is 5.22. The van der Waals surface area contributed by atoms with Crippen LogP contribution in [0.3, 0.4) is 0 Å². The minimum Gasteiger partial charge on any atom is -0.391 e. The Labute approximate surface area is 80.4 Å². The van der Waals surface area contributed by atoms with E-state index in [1.54, 1.807) is 0 Å². The van der Waals surface area contributed by atoms with E-state index >= 15 is 0 Å². The van der Waals surface area contributed by atoms with Crippen molar-refractivity contribution in [1.29, 1.82) is 0 Å². The van der Waals surface area contributed by atoms with Crippen LogP contribution in [0.15, 0.2) is 12.2 Å². The van der Waals surface area contributed by atoms with Gasteiger partial charge < -0.3 is 28.6 Å². The summed E-state index contributed by atoms with van der Waals surface area (Å²) in [6.45, 7) is 0. The van der Waals surface area contributed by atoms with Crippen molar-refractivity contribution in [2.45, 2.75) is 0 Å². The molecule has 4 N–H and O–H groups in total. The van der Waals surface area contributed by atoms with E-state index in [1.165, 1.54) is 0 Å². The fourth-order valence-electron chi connectivity index (χ4n) is 0.358. The minimum atomic E-state index is -2.84. The topological polar surface area (TPSA) is 134 Å². The molecule has 0 saturated heterocycles. The first-order valence-electron chi connectivity index (χ1n) is 2.89. The quantitative estimate of drug-likeness (QED) is 0.367. The Morgan fingerprint density at radius 2 is 1.14 bits per heavy atom. The molecular weight excluding hydrogens is 238 g/mol. The lowest BCUT2D eigenvalue weighted by atomic mass is 10.5. The fourth-order valence-corrected chi connectivity index (χ4v) is 0.801. The maximum Gasteiger partial charge on any atom is 0.394 e. The van der Waals surface area contributed by atoms with Crippen LogP contribution in [0.1, 0.15) is 0 Å². The van der Waals surface area contributed by atoms with E-state index in [2.05, 4.69) is 9.05 Å². The Kier molecular flexibility index (Phi) is 6.48. The van der Waals surface area contributed by atoms with Crippen LogP contribution in [0.2, 0.25) is 0 Å². The molecule has 80 valence electrons. The summed E-state index contributed by atoms with van der Waals surface area (Å²) in [5.74, 6) is -2.34. The van der Waals surface area contributed by atoms with Gasteiger partial charge in [0.25, 0.3) is 0 Å². The van der Waals surface area contributed by atoms with Gasteiger partial charge in [0.2, 0.25) is 0 Å². The van der Waals surface area contributed by atoms with Crippen molar-refractivity contribution >= 4 is 29.1 Å². The van der Waals surface area contributed by atoms with Crippen molar-refractivity contribution < 1.29 is 38.2 Å². The second-order valence-corrected chi connectivity index (χ2v) is 3.04. The van der Waals surface area contributed by atoms with Gasteiger partial charge >= 0.3 is 29.1 Å². The van der Waals surface area contributed by atoms with Crippen LogP contribution < -0.4 is 0 Å². The van der Waals surface area contributed by atoms with Gasteiger partial charge in [-0.25, -0.2) is 9.59 Å². The van der Waals surface area contributed by atoms with Gasteiger partial charge in [0.05, 0.1) is 0 Å². The number of hydrogen-bond acceptors (Lipinski definition) is 8. The second kappa shape index (κ2) is 6.78. The first-order chi connectivity index (χ1) is 6.41. The zero-order chi connectivity index (χ0) is 11.1. The third-order valence-corrected chi connectivity index (χ3v) is 1.39. The normalized spacial score (nSPS) is 11.0. The van der Waals surface area contributed by atoms with Crippen LogP contribution in [-0.2, 0) is 18.6 Å². The molecular formula is C4H6O8P2. The monoisotopic (exact) mass is 244 g/mol. The van der Waals surface area contributed by atoms with Crippen molar-refractivity contribution in [1.82, 2.24) is 0 Å². The van der Waals surface area contributed by atoms with Crippen molar-refractivity contribution in [2.24, 2.45) is 0 Å². The smallest absolute Gasteiger partial charge is 0.391 e. The zero-order valence-corrected chi connectivity index (χ0v) is 8.26. The Bertz CT molecular complexity index is 211. The lowest BCUT2D eigenvalue weighted by molar-refractivity contribution is -0.132. The molecule has 0 aliphatic carbocycles. The first kappa shape index (κ1) is 13.4. The molecule has 0 saturated carbocycles. The van der Waals surface area contributed by atoms with Gasteiger partial charge in [-0.15, -0.1) is 0 Å². The molecule has 0 atom stereocenters. The predicted octanol–water partition coefficient (Wildman–Crippen LogP) is -0.948. The van der Waals surface area contributed by atoms with E-state index in [0.29, 0.717) is 12.2 Å². The molecule has 0 fully saturated rings. The highest BCUT2D eigenvalue weighted by molar-refractivity contribution is 7.40. The number of carbonyl (C=O) groups is 2. The molecule has 0 aliphatic rings. The summed E-state index contributed by atoms with van der Waals surface area (Å²) in [5.41, 5.74) is 0. The molecule has 0 aromatic carbocycles. The predicted molar refractivity (Wildman–Crippen MR) is 44.0 cm³/mol. The molecule has 14 heavy (non-hydrogen) atoms. The number of hydrogen-bond donors (Lipinski definition) is 4. The van der Waals surface area contributed by atoms with Gasteiger partial charge in [-0.3, -0.25) is 0 Å². The largest absolute Gasteiger partial charge is 0.394 e. The molecule has 10 heteroatoms. The molecule has 0 spiro atoms. The molecule has 0 amide bonds. The molecule has 0 aromatic heterocycles. The molecule has 0 radical (unpaired) electrons. The lowest BCUT2D eigenvalue weighted by Gasteiger charge is -2.00. The SMILES string of the molecule is O=C(/C=C\C(=O)OP(O)O)OP(O)O. The molecule has 0 aliphatic heterocycles. The Hall–Kier alpha value is -0.620. The van der Waals surface area contributed by atoms with Crippen molar-refractivity contribution in [3.05, 3.63) is 12.2 Å². The fraction of sp³-hybridized carbons (Fsp3) is 0. The van der Waals surface area contributed by atoms with Crippen molar-refractivity contribution in [3.63, 3.8) is 0 Å². The molecule has 0 heterocycles. The van der Waals surface area contributed by atoms with Gasteiger partial charge in [0, 0.05) is 12.2 Å². The summed E-state index contributed by atoms with van der Waals surface area (Å²) < 4.78 is 7.66. The highest BCUT2D eigenvalue weighted by Crippen LogP contribution is 2.25. The van der Waals surface area contributed by atoms with Gasteiger partial charge in [-0.1, -0.05) is 0 Å².